The smallest absolute Gasteiger partial charge is 0.202 e. The van der Waals surface area contributed by atoms with Crippen LogP contribution in [0.15, 0.2) is 54.9 Å². The van der Waals surface area contributed by atoms with E-state index in [0.29, 0.717) is 0 Å². The summed E-state index contributed by atoms with van der Waals surface area (Å²) >= 11 is 17.9. The van der Waals surface area contributed by atoms with Gasteiger partial charge in [-0.2, -0.15) is 4.57 Å². The number of rotatable bonds is 1. The summed E-state index contributed by atoms with van der Waals surface area (Å²) < 4.78 is 0.761. The van der Waals surface area contributed by atoms with Crippen molar-refractivity contribution in [1.82, 2.24) is 0 Å². The SMILES string of the molecule is CC1(C(Cl)(Cl)Cl)C=CC([n+]2ccccc2)C=C1.[Br-]. The molecule has 0 aliphatic heterocycles. The van der Waals surface area contributed by atoms with E-state index in [1.165, 1.54) is 0 Å². The highest BCUT2D eigenvalue weighted by molar-refractivity contribution is 6.68. The summed E-state index contributed by atoms with van der Waals surface area (Å²) in [7, 11) is 0. The van der Waals surface area contributed by atoms with Crippen LogP contribution in [0.5, 0.6) is 0 Å². The number of nitrogens with zero attached hydrogens (tertiary/aromatic N) is 1. The summed E-state index contributed by atoms with van der Waals surface area (Å²) in [5.74, 6) is 0. The van der Waals surface area contributed by atoms with E-state index in [9.17, 15) is 0 Å². The molecule has 0 bridgehead atoms. The van der Waals surface area contributed by atoms with Crippen LogP contribution < -0.4 is 21.5 Å². The van der Waals surface area contributed by atoms with Gasteiger partial charge in [0.25, 0.3) is 0 Å². The predicted octanol–water partition coefficient (Wildman–Crippen LogP) is 1.02. The highest BCUT2D eigenvalue weighted by Gasteiger charge is 2.42. The lowest BCUT2D eigenvalue weighted by molar-refractivity contribution is -0.702. The van der Waals surface area contributed by atoms with Gasteiger partial charge in [-0.15, -0.1) is 0 Å². The number of halogens is 4. The van der Waals surface area contributed by atoms with Gasteiger partial charge in [0, 0.05) is 12.1 Å². The predicted molar refractivity (Wildman–Crippen MR) is 72.4 cm³/mol. The molecule has 1 aromatic rings. The zero-order chi connectivity index (χ0) is 12.5. The van der Waals surface area contributed by atoms with Crippen LogP contribution >= 0.6 is 34.8 Å². The van der Waals surface area contributed by atoms with E-state index < -0.39 is 9.21 Å². The molecule has 1 heterocycles. The third-order valence-corrected chi connectivity index (χ3v) is 4.19. The molecule has 0 unspecified atom stereocenters. The van der Waals surface area contributed by atoms with E-state index in [4.69, 9.17) is 34.8 Å². The van der Waals surface area contributed by atoms with Gasteiger partial charge in [-0.05, 0) is 19.1 Å². The van der Waals surface area contributed by atoms with E-state index in [1.54, 1.807) is 0 Å². The first-order valence-electron chi connectivity index (χ1n) is 5.34. The summed E-state index contributed by atoms with van der Waals surface area (Å²) in [6, 6.07) is 6.14. The molecule has 0 saturated carbocycles. The molecule has 1 aromatic heterocycles. The Balaban J connectivity index is 0.00000162. The van der Waals surface area contributed by atoms with E-state index in [0.717, 1.165) is 0 Å². The van der Waals surface area contributed by atoms with Gasteiger partial charge >= 0.3 is 0 Å². The molecule has 1 aliphatic carbocycles. The average molecular weight is 370 g/mol. The Morgan fingerprint density at radius 3 is 1.94 bits per heavy atom. The van der Waals surface area contributed by atoms with E-state index >= 15 is 0 Å². The van der Waals surface area contributed by atoms with Gasteiger partial charge in [-0.25, -0.2) is 0 Å². The van der Waals surface area contributed by atoms with Crippen LogP contribution in [-0.4, -0.2) is 3.79 Å². The van der Waals surface area contributed by atoms with Crippen LogP contribution in [0.2, 0.25) is 0 Å². The lowest BCUT2D eigenvalue weighted by Crippen LogP contribution is -3.00. The molecule has 0 radical (unpaired) electrons. The van der Waals surface area contributed by atoms with E-state index in [1.807, 2.05) is 61.8 Å². The Morgan fingerprint density at radius 2 is 1.50 bits per heavy atom. The van der Waals surface area contributed by atoms with Crippen molar-refractivity contribution in [2.75, 3.05) is 0 Å². The zero-order valence-electron chi connectivity index (χ0n) is 9.73. The topological polar surface area (TPSA) is 3.88 Å². The van der Waals surface area contributed by atoms with Crippen LogP contribution in [0.1, 0.15) is 13.0 Å². The van der Waals surface area contributed by atoms with E-state index in [-0.39, 0.29) is 23.0 Å². The van der Waals surface area contributed by atoms with Crippen molar-refractivity contribution in [3.63, 3.8) is 0 Å². The molecule has 98 valence electrons. The first-order valence-corrected chi connectivity index (χ1v) is 6.47. The maximum atomic E-state index is 5.97. The Bertz CT molecular complexity index is 437. The third-order valence-electron chi connectivity index (χ3n) is 2.97. The Hall–Kier alpha value is -0.0200. The molecule has 0 atom stereocenters. The molecule has 18 heavy (non-hydrogen) atoms. The van der Waals surface area contributed by atoms with Crippen LogP contribution in [0.4, 0.5) is 0 Å². The molecule has 0 amide bonds. The highest BCUT2D eigenvalue weighted by atomic mass is 79.9. The van der Waals surface area contributed by atoms with Gasteiger partial charge < -0.3 is 17.0 Å². The summed E-state index contributed by atoms with van der Waals surface area (Å²) in [5.41, 5.74) is -0.552. The number of alkyl halides is 3. The van der Waals surface area contributed by atoms with Crippen LogP contribution in [0.25, 0.3) is 0 Å². The molecular formula is C13H13BrCl3N. The van der Waals surface area contributed by atoms with Crippen molar-refractivity contribution in [3.05, 3.63) is 54.9 Å². The normalized spacial score (nSPS) is 26.8. The lowest BCUT2D eigenvalue weighted by atomic mass is 9.86. The molecule has 0 aromatic carbocycles. The average Bonchev–Trinajstić information content (AvgIpc) is 2.30. The summed E-state index contributed by atoms with van der Waals surface area (Å²) in [5, 5.41) is 0. The molecule has 0 spiro atoms. The van der Waals surface area contributed by atoms with Crippen molar-refractivity contribution in [2.45, 2.75) is 16.8 Å². The van der Waals surface area contributed by atoms with Gasteiger partial charge in [0.1, 0.15) is 0 Å². The van der Waals surface area contributed by atoms with E-state index in [2.05, 4.69) is 4.57 Å². The molecule has 5 heteroatoms. The monoisotopic (exact) mass is 367 g/mol. The Labute approximate surface area is 133 Å². The van der Waals surface area contributed by atoms with Crippen molar-refractivity contribution in [3.8, 4) is 0 Å². The zero-order valence-corrected chi connectivity index (χ0v) is 13.6. The maximum Gasteiger partial charge on any atom is 0.202 e. The summed E-state index contributed by atoms with van der Waals surface area (Å²) in [6.45, 7) is 1.90. The first-order chi connectivity index (χ1) is 7.92. The minimum absolute atomic E-state index is 0. The second-order valence-corrected chi connectivity index (χ2v) is 6.59. The number of pyridine rings is 1. The highest BCUT2D eigenvalue weighted by Crippen LogP contribution is 2.48. The molecule has 1 aliphatic rings. The fourth-order valence-electron chi connectivity index (χ4n) is 1.72. The molecule has 1 nitrogen and oxygen atoms in total. The van der Waals surface area contributed by atoms with Gasteiger partial charge in [0.2, 0.25) is 3.79 Å². The Kier molecular flexibility index (Phi) is 5.31. The quantitative estimate of drug-likeness (QED) is 0.395. The second kappa shape index (κ2) is 5.96. The third kappa shape index (κ3) is 3.30. The van der Waals surface area contributed by atoms with Gasteiger partial charge in [0.05, 0.1) is 5.41 Å². The van der Waals surface area contributed by atoms with Crippen molar-refractivity contribution in [2.24, 2.45) is 5.41 Å². The number of hydrogen-bond donors (Lipinski definition) is 0. The molecular weight excluding hydrogens is 356 g/mol. The second-order valence-electron chi connectivity index (χ2n) is 4.31. The van der Waals surface area contributed by atoms with Crippen molar-refractivity contribution < 1.29 is 21.5 Å². The fourth-order valence-corrected chi connectivity index (χ4v) is 2.09. The minimum atomic E-state index is -1.33. The van der Waals surface area contributed by atoms with Crippen LogP contribution in [0.3, 0.4) is 0 Å². The van der Waals surface area contributed by atoms with Crippen LogP contribution in [0, 0.1) is 5.41 Å². The lowest BCUT2D eigenvalue weighted by Gasteiger charge is -2.32. The van der Waals surface area contributed by atoms with Gasteiger partial charge in [0.15, 0.2) is 18.4 Å². The first kappa shape index (κ1) is 16.0. The number of hydrogen-bond acceptors (Lipinski definition) is 0. The van der Waals surface area contributed by atoms with Crippen molar-refractivity contribution >= 4 is 34.8 Å². The standard InChI is InChI=1S/C13H13Cl3N.BrH/c1-12(13(14,15)16)7-5-11(6-8-12)17-9-3-2-4-10-17;/h2-11H,1H3;1H/q+1;/p-1. The van der Waals surface area contributed by atoms with Gasteiger partial charge in [-0.1, -0.05) is 53.0 Å². The van der Waals surface area contributed by atoms with Crippen LogP contribution in [-0.2, 0) is 0 Å². The Morgan fingerprint density at radius 1 is 1.00 bits per heavy atom. The largest absolute Gasteiger partial charge is 1.00 e. The van der Waals surface area contributed by atoms with Crippen molar-refractivity contribution in [1.29, 1.82) is 0 Å². The molecule has 0 fully saturated rings. The molecule has 0 saturated heterocycles. The maximum absolute atomic E-state index is 5.97. The number of aromatic nitrogens is 1. The van der Waals surface area contributed by atoms with Gasteiger partial charge in [-0.3, -0.25) is 0 Å². The minimum Gasteiger partial charge on any atom is -1.00 e. The fraction of sp³-hybridized carbons (Fsp3) is 0.308. The summed E-state index contributed by atoms with van der Waals surface area (Å²) in [6.07, 6.45) is 12.0. The number of allylic oxidation sites excluding steroid dienone is 4. The molecule has 2 rings (SSSR count). The molecule has 0 N–H and O–H groups in total. The summed E-state index contributed by atoms with van der Waals surface area (Å²) in [4.78, 5) is 0.